The lowest BCUT2D eigenvalue weighted by Crippen LogP contribution is -2.30. The van der Waals surface area contributed by atoms with E-state index in [2.05, 4.69) is 0 Å². The van der Waals surface area contributed by atoms with Crippen LogP contribution in [0.15, 0.2) is 70.6 Å². The van der Waals surface area contributed by atoms with Crippen molar-refractivity contribution >= 4 is 46.0 Å². The minimum atomic E-state index is -0.440. The fraction of sp³-hybridized carbons (Fsp3) is 0.154. The first-order chi connectivity index (χ1) is 15.8. The zero-order valence-electron chi connectivity index (χ0n) is 18.8. The molecule has 3 aromatic rings. The van der Waals surface area contributed by atoms with E-state index in [-0.39, 0.29) is 11.6 Å². The van der Waals surface area contributed by atoms with Gasteiger partial charge in [0.05, 0.1) is 21.2 Å². The smallest absolute Gasteiger partial charge is 0.268 e. The van der Waals surface area contributed by atoms with Crippen molar-refractivity contribution < 1.29 is 9.72 Å². The first kappa shape index (κ1) is 22.5. The number of benzene rings is 3. The van der Waals surface area contributed by atoms with Crippen molar-refractivity contribution in [1.29, 1.82) is 0 Å². The second-order valence-electron chi connectivity index (χ2n) is 7.98. The Morgan fingerprint density at radius 2 is 1.42 bits per heavy atom. The number of para-hydroxylation sites is 2. The predicted molar refractivity (Wildman–Crippen MR) is 135 cm³/mol. The summed E-state index contributed by atoms with van der Waals surface area (Å²) in [6.45, 7) is 7.97. The van der Waals surface area contributed by atoms with Crippen LogP contribution in [0.3, 0.4) is 0 Å². The minimum absolute atomic E-state index is 0.0111. The maximum absolute atomic E-state index is 13.6. The lowest BCUT2D eigenvalue weighted by Gasteiger charge is -2.21. The monoisotopic (exact) mass is 457 g/mol. The highest BCUT2D eigenvalue weighted by Crippen LogP contribution is 2.40. The van der Waals surface area contributed by atoms with E-state index < -0.39 is 4.92 Å². The number of aliphatic imine (C=N–C) groups is 1. The van der Waals surface area contributed by atoms with Gasteiger partial charge in [-0.2, -0.15) is 0 Å². The first-order valence-electron chi connectivity index (χ1n) is 10.5. The van der Waals surface area contributed by atoms with E-state index in [1.54, 1.807) is 23.1 Å². The average molecular weight is 458 g/mol. The summed E-state index contributed by atoms with van der Waals surface area (Å²) in [7, 11) is 0. The Kier molecular flexibility index (Phi) is 6.16. The second-order valence-corrected chi connectivity index (χ2v) is 8.98. The van der Waals surface area contributed by atoms with Crippen molar-refractivity contribution in [3.8, 4) is 0 Å². The number of hydrogen-bond donors (Lipinski definition) is 0. The zero-order valence-corrected chi connectivity index (χ0v) is 19.6. The van der Waals surface area contributed by atoms with Gasteiger partial charge in [-0.3, -0.25) is 19.8 Å². The number of amides is 1. The molecular weight excluding hydrogens is 434 g/mol. The van der Waals surface area contributed by atoms with Crippen molar-refractivity contribution in [3.05, 3.63) is 104 Å². The summed E-state index contributed by atoms with van der Waals surface area (Å²) in [5.74, 6) is -0.166. The molecule has 0 aromatic heterocycles. The summed E-state index contributed by atoms with van der Waals surface area (Å²) in [4.78, 5) is 31.2. The second kappa shape index (κ2) is 9.03. The Labute approximate surface area is 196 Å². The van der Waals surface area contributed by atoms with Crippen LogP contribution in [0.1, 0.15) is 27.8 Å². The van der Waals surface area contributed by atoms with Gasteiger partial charge in [-0.1, -0.05) is 36.4 Å². The molecule has 33 heavy (non-hydrogen) atoms. The number of rotatable bonds is 4. The number of aryl methyl sites for hydroxylation is 4. The van der Waals surface area contributed by atoms with Gasteiger partial charge in [0.25, 0.3) is 11.6 Å². The van der Waals surface area contributed by atoms with E-state index in [9.17, 15) is 14.9 Å². The number of amidine groups is 1. The normalized spacial score (nSPS) is 16.1. The molecule has 1 amide bonds. The van der Waals surface area contributed by atoms with Crippen molar-refractivity contribution in [3.63, 3.8) is 0 Å². The SMILES string of the molecule is Cc1cccc(C)c1N=C1S/C(=C/c2ccc([N+](=O)[O-])cc2)C(=O)N1c1c(C)cccc1C. The number of carbonyl (C=O) groups is 1. The third-order valence-corrected chi connectivity index (χ3v) is 6.49. The maximum atomic E-state index is 13.6. The number of nitro benzene ring substituents is 1. The molecule has 0 spiro atoms. The predicted octanol–water partition coefficient (Wildman–Crippen LogP) is 6.64. The molecule has 6 nitrogen and oxygen atoms in total. The molecule has 0 saturated carbocycles. The van der Waals surface area contributed by atoms with Gasteiger partial charge in [0.2, 0.25) is 0 Å². The third-order valence-electron chi connectivity index (χ3n) is 5.52. The standard InChI is InChI=1S/C26H23N3O3S/c1-16-7-5-8-17(2)23(16)27-26-28(24-18(3)9-6-10-19(24)4)25(30)22(33-26)15-20-11-13-21(14-12-20)29(31)32/h5-15H,1-4H3/b22-15+,27-26?. The molecule has 0 unspecified atom stereocenters. The number of anilines is 1. The van der Waals surface area contributed by atoms with E-state index in [1.165, 1.54) is 23.9 Å². The van der Waals surface area contributed by atoms with Crippen molar-refractivity contribution in [2.75, 3.05) is 4.90 Å². The quantitative estimate of drug-likeness (QED) is 0.250. The summed E-state index contributed by atoms with van der Waals surface area (Å²) in [5.41, 5.74) is 6.43. The Morgan fingerprint density at radius 1 is 0.879 bits per heavy atom. The van der Waals surface area contributed by atoms with Crippen LogP contribution in [-0.2, 0) is 4.79 Å². The van der Waals surface area contributed by atoms with Gasteiger partial charge in [-0.05, 0) is 85.5 Å². The molecule has 3 aromatic carbocycles. The number of carbonyl (C=O) groups excluding carboxylic acids is 1. The lowest BCUT2D eigenvalue weighted by atomic mass is 10.1. The van der Waals surface area contributed by atoms with Crippen molar-refractivity contribution in [1.82, 2.24) is 0 Å². The van der Waals surface area contributed by atoms with Crippen LogP contribution in [0, 0.1) is 37.8 Å². The molecule has 1 heterocycles. The van der Waals surface area contributed by atoms with Gasteiger partial charge >= 0.3 is 0 Å². The zero-order chi connectivity index (χ0) is 23.7. The van der Waals surface area contributed by atoms with Gasteiger partial charge in [0.1, 0.15) is 0 Å². The van der Waals surface area contributed by atoms with Gasteiger partial charge in [0, 0.05) is 12.1 Å². The van der Waals surface area contributed by atoms with E-state index >= 15 is 0 Å². The molecule has 1 aliphatic heterocycles. The van der Waals surface area contributed by atoms with Crippen LogP contribution in [0.5, 0.6) is 0 Å². The number of non-ortho nitro benzene ring substituents is 1. The van der Waals surface area contributed by atoms with Crippen LogP contribution < -0.4 is 4.90 Å². The molecule has 166 valence electrons. The Balaban J connectivity index is 1.84. The Bertz CT molecular complexity index is 1290. The summed E-state index contributed by atoms with van der Waals surface area (Å²) >= 11 is 1.31. The van der Waals surface area contributed by atoms with Crippen molar-refractivity contribution in [2.24, 2.45) is 4.99 Å². The van der Waals surface area contributed by atoms with Gasteiger partial charge < -0.3 is 0 Å². The molecule has 0 aliphatic carbocycles. The minimum Gasteiger partial charge on any atom is -0.268 e. The molecule has 7 heteroatoms. The van der Waals surface area contributed by atoms with Gasteiger partial charge in [0.15, 0.2) is 5.17 Å². The van der Waals surface area contributed by atoms with E-state index in [4.69, 9.17) is 4.99 Å². The van der Waals surface area contributed by atoms with Crippen molar-refractivity contribution in [2.45, 2.75) is 27.7 Å². The summed E-state index contributed by atoms with van der Waals surface area (Å²) < 4.78 is 0. The molecule has 4 rings (SSSR count). The van der Waals surface area contributed by atoms with E-state index in [0.717, 1.165) is 33.6 Å². The summed E-state index contributed by atoms with van der Waals surface area (Å²) in [6, 6.07) is 18.1. The fourth-order valence-corrected chi connectivity index (χ4v) is 4.80. The van der Waals surface area contributed by atoms with Gasteiger partial charge in [-0.15, -0.1) is 0 Å². The maximum Gasteiger partial charge on any atom is 0.271 e. The number of thioether (sulfide) groups is 1. The van der Waals surface area contributed by atoms with Crippen LogP contribution in [0.25, 0.3) is 6.08 Å². The molecule has 1 fully saturated rings. The lowest BCUT2D eigenvalue weighted by molar-refractivity contribution is -0.384. The number of nitro groups is 1. The van der Waals surface area contributed by atoms with Crippen LogP contribution in [-0.4, -0.2) is 16.0 Å². The fourth-order valence-electron chi connectivity index (χ4n) is 3.83. The molecular formula is C26H23N3O3S. The highest BCUT2D eigenvalue weighted by molar-refractivity contribution is 8.19. The van der Waals surface area contributed by atoms with Crippen LogP contribution >= 0.6 is 11.8 Å². The number of nitrogens with zero attached hydrogens (tertiary/aromatic N) is 3. The number of hydrogen-bond acceptors (Lipinski definition) is 5. The highest BCUT2D eigenvalue weighted by Gasteiger charge is 2.36. The first-order valence-corrected chi connectivity index (χ1v) is 11.3. The van der Waals surface area contributed by atoms with Gasteiger partial charge in [-0.25, -0.2) is 4.99 Å². The molecule has 0 N–H and O–H groups in total. The van der Waals surface area contributed by atoms with E-state index in [0.29, 0.717) is 15.6 Å². The summed E-state index contributed by atoms with van der Waals surface area (Å²) in [6.07, 6.45) is 1.75. The third kappa shape index (κ3) is 4.45. The average Bonchev–Trinajstić information content (AvgIpc) is 3.06. The molecule has 0 atom stereocenters. The summed E-state index contributed by atoms with van der Waals surface area (Å²) in [5, 5.41) is 11.5. The Hall–Kier alpha value is -3.71. The Morgan fingerprint density at radius 3 is 1.97 bits per heavy atom. The topological polar surface area (TPSA) is 75.8 Å². The van der Waals surface area contributed by atoms with Crippen LogP contribution in [0.4, 0.5) is 17.1 Å². The molecule has 0 radical (unpaired) electrons. The van der Waals surface area contributed by atoms with Crippen LogP contribution in [0.2, 0.25) is 0 Å². The van der Waals surface area contributed by atoms with E-state index in [1.807, 2.05) is 64.1 Å². The molecule has 0 bridgehead atoms. The molecule has 1 saturated heterocycles. The molecule has 1 aliphatic rings. The highest BCUT2D eigenvalue weighted by atomic mass is 32.2. The largest absolute Gasteiger partial charge is 0.271 e.